The highest BCUT2D eigenvalue weighted by Crippen LogP contribution is 2.27. The van der Waals surface area contributed by atoms with Crippen LogP contribution in [0, 0.1) is 13.8 Å². The Labute approximate surface area is 307 Å². The number of hydrogen-bond donors (Lipinski definition) is 2. The summed E-state index contributed by atoms with van der Waals surface area (Å²) in [5, 5.41) is 29.8. The molecule has 2 aromatic carbocycles. The van der Waals surface area contributed by atoms with E-state index in [0.717, 1.165) is 33.5 Å². The minimum absolute atomic E-state index is 0.0170. The number of aromatic nitrogens is 8. The molecule has 0 saturated heterocycles. The number of aliphatic hydroxyl groups is 2. The second kappa shape index (κ2) is 15.9. The second-order valence-corrected chi connectivity index (χ2v) is 12.7. The van der Waals surface area contributed by atoms with Crippen LogP contribution in [0.4, 0.5) is 0 Å². The van der Waals surface area contributed by atoms with Crippen molar-refractivity contribution in [3.05, 3.63) is 94.7 Å². The highest BCUT2D eigenvalue weighted by atomic mass is 16.5. The van der Waals surface area contributed by atoms with Crippen LogP contribution in [0.25, 0.3) is 22.1 Å². The molecule has 1 amide bonds. The fourth-order valence-electron chi connectivity index (χ4n) is 6.72. The number of aryl methyl sites for hydroxylation is 6. The van der Waals surface area contributed by atoms with E-state index >= 15 is 0 Å². The molecule has 15 nitrogen and oxygen atoms in total. The third kappa shape index (κ3) is 7.22. The van der Waals surface area contributed by atoms with Gasteiger partial charge in [0, 0.05) is 53.3 Å². The van der Waals surface area contributed by atoms with E-state index in [-0.39, 0.29) is 12.5 Å². The fourth-order valence-corrected chi connectivity index (χ4v) is 6.72. The third-order valence-corrected chi connectivity index (χ3v) is 9.18. The number of imidazole rings is 2. The molecule has 4 heterocycles. The number of fused-ring (bicyclic) bond motifs is 2. The first kappa shape index (κ1) is 37.1. The lowest BCUT2D eigenvalue weighted by Gasteiger charge is -2.10. The van der Waals surface area contributed by atoms with Crippen molar-refractivity contribution in [1.29, 1.82) is 0 Å². The number of amides is 1. The smallest absolute Gasteiger partial charge is 0.298 e. The first-order chi connectivity index (χ1) is 25.6. The summed E-state index contributed by atoms with van der Waals surface area (Å²) in [4.78, 5) is 23.1. The van der Waals surface area contributed by atoms with E-state index in [0.29, 0.717) is 73.3 Å². The molecule has 0 aliphatic rings. The predicted molar refractivity (Wildman–Crippen MR) is 200 cm³/mol. The van der Waals surface area contributed by atoms with Gasteiger partial charge in [-0.1, -0.05) is 24.3 Å². The molecule has 1 atom stereocenters. The minimum atomic E-state index is -1.17. The van der Waals surface area contributed by atoms with Crippen molar-refractivity contribution in [3.8, 4) is 11.5 Å². The molecule has 53 heavy (non-hydrogen) atoms. The van der Waals surface area contributed by atoms with Crippen molar-refractivity contribution in [3.63, 3.8) is 0 Å². The van der Waals surface area contributed by atoms with E-state index in [4.69, 9.17) is 14.5 Å². The summed E-state index contributed by atoms with van der Waals surface area (Å²) in [5.41, 5.74) is 6.86. The third-order valence-electron chi connectivity index (χ3n) is 9.18. The van der Waals surface area contributed by atoms with E-state index in [9.17, 15) is 15.0 Å². The molecule has 1 unspecified atom stereocenters. The van der Waals surface area contributed by atoms with Gasteiger partial charge in [0.15, 0.2) is 6.23 Å². The molecule has 0 aliphatic carbocycles. The number of carbonyl (C=O) groups is 1. The number of benzene rings is 2. The van der Waals surface area contributed by atoms with Crippen LogP contribution in [0.2, 0.25) is 0 Å². The van der Waals surface area contributed by atoms with Crippen LogP contribution in [0.5, 0.6) is 11.5 Å². The lowest BCUT2D eigenvalue weighted by molar-refractivity contribution is 0.0985. The average molecular weight is 725 g/mol. The lowest BCUT2D eigenvalue weighted by Crippen LogP contribution is -2.27. The van der Waals surface area contributed by atoms with Crippen molar-refractivity contribution in [2.75, 3.05) is 20.3 Å². The summed E-state index contributed by atoms with van der Waals surface area (Å²) < 4.78 is 23.1. The number of methoxy groups -OCH3 is 1. The highest BCUT2D eigenvalue weighted by Gasteiger charge is 2.19. The van der Waals surface area contributed by atoms with Gasteiger partial charge in [0.1, 0.15) is 28.2 Å². The summed E-state index contributed by atoms with van der Waals surface area (Å²) in [5.74, 6) is 0.902. The van der Waals surface area contributed by atoms with Gasteiger partial charge in [-0.05, 0) is 64.1 Å². The van der Waals surface area contributed by atoms with Crippen LogP contribution >= 0.6 is 0 Å². The van der Waals surface area contributed by atoms with Crippen molar-refractivity contribution < 1.29 is 24.5 Å². The molecule has 0 fully saturated rings. The fraction of sp³-hybridized carbons (Fsp3) is 0.395. The molecule has 15 heteroatoms. The van der Waals surface area contributed by atoms with E-state index in [1.807, 2.05) is 115 Å². The van der Waals surface area contributed by atoms with Crippen LogP contribution < -0.4 is 20.7 Å². The minimum Gasteiger partial charge on any atom is -0.494 e. The largest absolute Gasteiger partial charge is 0.494 e. The topological polar surface area (TPSA) is 156 Å². The molecule has 2 N–H and O–H groups in total. The summed E-state index contributed by atoms with van der Waals surface area (Å²) in [6.07, 6.45) is 3.34. The highest BCUT2D eigenvalue weighted by molar-refractivity contribution is 5.93. The van der Waals surface area contributed by atoms with Crippen LogP contribution in [-0.2, 0) is 40.3 Å². The summed E-state index contributed by atoms with van der Waals surface area (Å²) in [6, 6.07) is 15.2. The van der Waals surface area contributed by atoms with Gasteiger partial charge in [-0.25, -0.2) is 4.99 Å². The second-order valence-electron chi connectivity index (χ2n) is 12.7. The summed E-state index contributed by atoms with van der Waals surface area (Å²) in [7, 11) is 5.41. The van der Waals surface area contributed by atoms with Gasteiger partial charge < -0.3 is 38.0 Å². The van der Waals surface area contributed by atoms with Crippen molar-refractivity contribution >= 4 is 28.0 Å². The first-order valence-electron chi connectivity index (χ1n) is 17.8. The van der Waals surface area contributed by atoms with Crippen LogP contribution in [0.3, 0.4) is 0 Å². The molecular weight excluding hydrogens is 676 g/mol. The van der Waals surface area contributed by atoms with Crippen molar-refractivity contribution in [2.24, 2.45) is 24.1 Å². The number of para-hydroxylation sites is 2. The molecule has 6 aromatic rings. The molecular formula is C38H48N10O5. The maximum atomic E-state index is 13.6. The monoisotopic (exact) mass is 724 g/mol. The Kier molecular flexibility index (Phi) is 11.1. The van der Waals surface area contributed by atoms with Gasteiger partial charge in [0.25, 0.3) is 5.91 Å². The van der Waals surface area contributed by atoms with Gasteiger partial charge in [0.05, 0.1) is 41.8 Å². The number of aliphatic hydroxyl groups excluding tert-OH is 2. The zero-order valence-corrected chi connectivity index (χ0v) is 31.4. The Bertz CT molecular complexity index is 2430. The van der Waals surface area contributed by atoms with E-state index in [1.165, 1.54) is 0 Å². The van der Waals surface area contributed by atoms with E-state index < -0.39 is 6.23 Å². The molecule has 0 aliphatic heterocycles. The van der Waals surface area contributed by atoms with Gasteiger partial charge in [-0.2, -0.15) is 15.2 Å². The molecule has 6 rings (SSSR count). The van der Waals surface area contributed by atoms with Gasteiger partial charge in [0.2, 0.25) is 11.2 Å². The van der Waals surface area contributed by atoms with Crippen LogP contribution in [0.15, 0.2) is 70.7 Å². The number of ether oxygens (including phenoxy) is 2. The molecule has 4 aromatic heterocycles. The molecule has 280 valence electrons. The summed E-state index contributed by atoms with van der Waals surface area (Å²) in [6.45, 7) is 9.89. The number of carbonyl (C=O) groups excluding carboxylic acids is 1. The maximum Gasteiger partial charge on any atom is 0.298 e. The van der Waals surface area contributed by atoms with Gasteiger partial charge in [-0.15, -0.1) is 0 Å². The maximum absolute atomic E-state index is 13.6. The SMILES string of the molecule is CCn1nc(C)cc1C(=O)N=c1n(C)c2cccc(OC)c2n1C/C=C/Cn1/c(=N/C(O)c2cc(C)nn2CC)n(C)c2cccc(OCCCO)c21. The van der Waals surface area contributed by atoms with Crippen molar-refractivity contribution in [1.82, 2.24) is 37.8 Å². The Morgan fingerprint density at radius 2 is 1.45 bits per heavy atom. The van der Waals surface area contributed by atoms with E-state index in [1.54, 1.807) is 22.5 Å². The van der Waals surface area contributed by atoms with Crippen LogP contribution in [0.1, 0.15) is 54.1 Å². The Morgan fingerprint density at radius 1 is 0.868 bits per heavy atom. The number of hydrogen-bond acceptors (Lipinski definition) is 8. The Morgan fingerprint density at radius 3 is 2.09 bits per heavy atom. The summed E-state index contributed by atoms with van der Waals surface area (Å²) >= 11 is 0. The Balaban J connectivity index is 1.45. The number of allylic oxidation sites excluding steroid dienone is 2. The standard InChI is InChI=1S/C38H48N10O5/c1-8-47-29(23-25(3)41-47)35(50)39-37-43(5)27-15-12-17-31(52-7)33(27)45(37)19-10-11-20-46-34-28(16-13-18-32(34)53-22-14-21-49)44(6)38(46)40-36(51)30-24-26(4)42-48(30)9-2/h10-13,15-18,23-24,36,49,51H,8-9,14,19-22H2,1-7H3/b11-10+,39-37?,40-38+. The molecule has 0 radical (unpaired) electrons. The van der Waals surface area contributed by atoms with Crippen LogP contribution in [-0.4, -0.2) is 74.3 Å². The number of rotatable bonds is 14. The molecule has 0 bridgehead atoms. The first-order valence-corrected chi connectivity index (χ1v) is 17.8. The predicted octanol–water partition coefficient (Wildman–Crippen LogP) is 3.68. The quantitative estimate of drug-likeness (QED) is 0.128. The molecule has 0 saturated carbocycles. The number of nitrogens with zero attached hydrogens (tertiary/aromatic N) is 10. The zero-order chi connectivity index (χ0) is 37.8. The van der Waals surface area contributed by atoms with E-state index in [2.05, 4.69) is 15.2 Å². The van der Waals surface area contributed by atoms with Crippen molar-refractivity contribution in [2.45, 2.75) is 66.5 Å². The average Bonchev–Trinajstić information content (AvgIpc) is 3.88. The zero-order valence-electron chi connectivity index (χ0n) is 31.4. The molecule has 0 spiro atoms. The van der Waals surface area contributed by atoms with Gasteiger partial charge in [-0.3, -0.25) is 14.2 Å². The Hall–Kier alpha value is -5.67. The lowest BCUT2D eigenvalue weighted by atomic mass is 10.2. The van der Waals surface area contributed by atoms with Gasteiger partial charge >= 0.3 is 0 Å². The normalized spacial score (nSPS) is 13.3.